The highest BCUT2D eigenvalue weighted by Gasteiger charge is 2.11. The highest BCUT2D eigenvalue weighted by molar-refractivity contribution is 6.36. The lowest BCUT2D eigenvalue weighted by Crippen LogP contribution is -1.96. The fraction of sp³-hybridized carbons (Fsp3) is 0.267. The molecule has 0 aliphatic rings. The number of pyridine rings is 1. The highest BCUT2D eigenvalue weighted by atomic mass is 35.5. The van der Waals surface area contributed by atoms with E-state index in [2.05, 4.69) is 4.98 Å². The van der Waals surface area contributed by atoms with Gasteiger partial charge in [-0.05, 0) is 44.0 Å². The zero-order valence-corrected chi connectivity index (χ0v) is 12.6. The van der Waals surface area contributed by atoms with Gasteiger partial charge in [-0.1, -0.05) is 29.3 Å². The monoisotopic (exact) mass is 295 g/mol. The molecule has 100 valence electrons. The lowest BCUT2D eigenvalue weighted by atomic mass is 10.1. The summed E-state index contributed by atoms with van der Waals surface area (Å²) in [5, 5.41) is 2.37. The number of aromatic nitrogens is 1. The van der Waals surface area contributed by atoms with E-state index in [1.807, 2.05) is 38.1 Å². The van der Waals surface area contributed by atoms with Gasteiger partial charge in [0.1, 0.15) is 5.75 Å². The van der Waals surface area contributed by atoms with Gasteiger partial charge in [0, 0.05) is 16.1 Å². The Morgan fingerprint density at radius 1 is 1.42 bits per heavy atom. The van der Waals surface area contributed by atoms with Gasteiger partial charge in [0.25, 0.3) is 0 Å². The first-order valence-corrected chi connectivity index (χ1v) is 6.73. The highest BCUT2D eigenvalue weighted by Crippen LogP contribution is 2.31. The molecule has 0 saturated carbocycles. The molecule has 0 fully saturated rings. The van der Waals surface area contributed by atoms with E-state index in [0.717, 1.165) is 38.0 Å². The Hall–Kier alpha value is -1.25. The number of aryl methyl sites for hydroxylation is 1. The summed E-state index contributed by atoms with van der Waals surface area (Å²) in [4.78, 5) is 4.58. The summed E-state index contributed by atoms with van der Waals surface area (Å²) < 4.78 is 5.23. The van der Waals surface area contributed by atoms with Gasteiger partial charge in [0.05, 0.1) is 17.6 Å². The van der Waals surface area contributed by atoms with Gasteiger partial charge in [-0.25, -0.2) is 0 Å². The number of methoxy groups -OCH3 is 1. The molecule has 19 heavy (non-hydrogen) atoms. The van der Waals surface area contributed by atoms with Crippen LogP contribution in [0, 0.1) is 6.92 Å². The quantitative estimate of drug-likeness (QED) is 0.804. The Morgan fingerprint density at radius 2 is 2.16 bits per heavy atom. The summed E-state index contributed by atoms with van der Waals surface area (Å²) in [5.74, 6) is 0.773. The van der Waals surface area contributed by atoms with E-state index in [9.17, 15) is 0 Å². The summed E-state index contributed by atoms with van der Waals surface area (Å²) in [6.07, 6.45) is 2.61. The first-order chi connectivity index (χ1) is 9.02. The van der Waals surface area contributed by atoms with E-state index >= 15 is 0 Å². The normalized spacial score (nSPS) is 11.9. The topological polar surface area (TPSA) is 22.1 Å². The van der Waals surface area contributed by atoms with E-state index in [-0.39, 0.29) is 0 Å². The predicted octanol–water partition coefficient (Wildman–Crippen LogP) is 4.89. The molecule has 0 aliphatic carbocycles. The average molecular weight is 296 g/mol. The molecule has 2 aromatic rings. The maximum atomic E-state index is 6.49. The molecular formula is C15H15Cl2NO. The number of fused-ring (bicyclic) bond motifs is 1. The van der Waals surface area contributed by atoms with E-state index in [1.165, 1.54) is 0 Å². The van der Waals surface area contributed by atoms with Crippen LogP contribution in [0.4, 0.5) is 0 Å². The number of nitrogens with zero attached hydrogens (tertiary/aromatic N) is 1. The van der Waals surface area contributed by atoms with Gasteiger partial charge in [-0.3, -0.25) is 4.98 Å². The molecule has 1 aromatic carbocycles. The molecule has 0 atom stereocenters. The van der Waals surface area contributed by atoms with Crippen molar-refractivity contribution in [2.24, 2.45) is 0 Å². The summed E-state index contributed by atoms with van der Waals surface area (Å²) in [5.41, 5.74) is 2.80. The second-order valence-electron chi connectivity index (χ2n) is 4.37. The fourth-order valence-electron chi connectivity index (χ4n) is 1.96. The molecule has 2 rings (SSSR count). The third-order valence-electron chi connectivity index (χ3n) is 3.02. The number of rotatable bonds is 3. The first-order valence-electron chi connectivity index (χ1n) is 5.98. The molecule has 0 spiro atoms. The van der Waals surface area contributed by atoms with Gasteiger partial charge in [-0.15, -0.1) is 0 Å². The second kappa shape index (κ2) is 5.81. The SMILES string of the molecule is COc1ccc2nc(C)c(C/C=C(/C)Cl)c(Cl)c2c1. The average Bonchev–Trinajstić information content (AvgIpc) is 2.38. The van der Waals surface area contributed by atoms with E-state index in [0.29, 0.717) is 6.42 Å². The lowest BCUT2D eigenvalue weighted by molar-refractivity contribution is 0.415. The van der Waals surface area contributed by atoms with Gasteiger partial charge < -0.3 is 4.74 Å². The Labute approximate surface area is 123 Å². The molecule has 0 bridgehead atoms. The molecular weight excluding hydrogens is 281 g/mol. The number of halogens is 2. The second-order valence-corrected chi connectivity index (χ2v) is 5.34. The number of hydrogen-bond acceptors (Lipinski definition) is 2. The van der Waals surface area contributed by atoms with Crippen LogP contribution in [0.3, 0.4) is 0 Å². The Morgan fingerprint density at radius 3 is 2.79 bits per heavy atom. The van der Waals surface area contributed by atoms with E-state index < -0.39 is 0 Å². The molecule has 0 radical (unpaired) electrons. The van der Waals surface area contributed by atoms with Crippen molar-refractivity contribution in [2.75, 3.05) is 7.11 Å². The summed E-state index contributed by atoms with van der Waals surface area (Å²) in [6, 6.07) is 5.71. The van der Waals surface area contributed by atoms with Crippen LogP contribution in [0.2, 0.25) is 5.02 Å². The van der Waals surface area contributed by atoms with Crippen molar-refractivity contribution in [3.63, 3.8) is 0 Å². The van der Waals surface area contributed by atoms with Crippen LogP contribution >= 0.6 is 23.2 Å². The maximum Gasteiger partial charge on any atom is 0.119 e. The Kier molecular flexibility index (Phi) is 4.33. The fourth-order valence-corrected chi connectivity index (χ4v) is 2.41. The van der Waals surface area contributed by atoms with Crippen molar-refractivity contribution in [3.8, 4) is 5.75 Å². The van der Waals surface area contributed by atoms with Gasteiger partial charge in [0.2, 0.25) is 0 Å². The van der Waals surface area contributed by atoms with Crippen LogP contribution in [-0.4, -0.2) is 12.1 Å². The van der Waals surface area contributed by atoms with Crippen molar-refractivity contribution in [2.45, 2.75) is 20.3 Å². The van der Waals surface area contributed by atoms with Gasteiger partial charge in [-0.2, -0.15) is 0 Å². The largest absolute Gasteiger partial charge is 0.497 e. The molecule has 0 N–H and O–H groups in total. The molecule has 0 aliphatic heterocycles. The lowest BCUT2D eigenvalue weighted by Gasteiger charge is -2.10. The molecule has 0 saturated heterocycles. The minimum absolute atomic E-state index is 0.681. The van der Waals surface area contributed by atoms with Crippen molar-refractivity contribution >= 4 is 34.1 Å². The molecule has 1 aromatic heterocycles. The summed E-state index contributed by atoms with van der Waals surface area (Å²) in [6.45, 7) is 3.81. The molecule has 0 amide bonds. The zero-order valence-electron chi connectivity index (χ0n) is 11.1. The van der Waals surface area contributed by atoms with E-state index in [4.69, 9.17) is 27.9 Å². The van der Waals surface area contributed by atoms with Crippen LogP contribution in [-0.2, 0) is 6.42 Å². The van der Waals surface area contributed by atoms with Gasteiger partial charge >= 0.3 is 0 Å². The van der Waals surface area contributed by atoms with Crippen molar-refractivity contribution in [1.82, 2.24) is 4.98 Å². The third kappa shape index (κ3) is 3.02. The number of ether oxygens (including phenoxy) is 1. The molecule has 2 nitrogen and oxygen atoms in total. The van der Waals surface area contributed by atoms with Crippen LogP contribution < -0.4 is 4.74 Å². The summed E-state index contributed by atoms with van der Waals surface area (Å²) >= 11 is 12.4. The van der Waals surface area contributed by atoms with Gasteiger partial charge in [0.15, 0.2) is 0 Å². The Balaban J connectivity index is 2.61. The van der Waals surface area contributed by atoms with E-state index in [1.54, 1.807) is 7.11 Å². The van der Waals surface area contributed by atoms with Crippen molar-refractivity contribution in [3.05, 3.63) is 45.6 Å². The third-order valence-corrected chi connectivity index (χ3v) is 3.60. The van der Waals surface area contributed by atoms with Crippen molar-refractivity contribution in [1.29, 1.82) is 0 Å². The molecule has 0 unspecified atom stereocenters. The number of allylic oxidation sites excluding steroid dienone is 2. The van der Waals surface area contributed by atoms with Crippen LogP contribution in [0.5, 0.6) is 5.75 Å². The molecule has 4 heteroatoms. The maximum absolute atomic E-state index is 6.49. The Bertz CT molecular complexity index is 646. The smallest absolute Gasteiger partial charge is 0.119 e. The van der Waals surface area contributed by atoms with Crippen LogP contribution in [0.15, 0.2) is 29.3 Å². The number of hydrogen-bond donors (Lipinski definition) is 0. The number of benzene rings is 1. The minimum atomic E-state index is 0.681. The first kappa shape index (κ1) is 14.2. The van der Waals surface area contributed by atoms with Crippen LogP contribution in [0.1, 0.15) is 18.2 Å². The zero-order chi connectivity index (χ0) is 14.0. The van der Waals surface area contributed by atoms with Crippen molar-refractivity contribution < 1.29 is 4.74 Å². The standard InChI is InChI=1S/C15H15Cl2NO/c1-9(16)4-6-12-10(2)18-14-7-5-11(19-3)8-13(14)15(12)17/h4-5,7-8H,6H2,1-3H3/b9-4-. The predicted molar refractivity (Wildman–Crippen MR) is 81.4 cm³/mol. The van der Waals surface area contributed by atoms with Crippen LogP contribution in [0.25, 0.3) is 10.9 Å². The molecule has 1 heterocycles. The summed E-state index contributed by atoms with van der Waals surface area (Å²) in [7, 11) is 1.64. The minimum Gasteiger partial charge on any atom is -0.497 e.